The van der Waals surface area contributed by atoms with Crippen LogP contribution in [-0.2, 0) is 16.0 Å². The van der Waals surface area contributed by atoms with E-state index in [0.29, 0.717) is 30.8 Å². The van der Waals surface area contributed by atoms with Gasteiger partial charge in [-0.2, -0.15) is 0 Å². The van der Waals surface area contributed by atoms with Crippen LogP contribution < -0.4 is 9.80 Å². The highest BCUT2D eigenvalue weighted by Crippen LogP contribution is 2.41. The molecule has 3 amide bonds. The van der Waals surface area contributed by atoms with Crippen LogP contribution in [0.2, 0.25) is 0 Å². The lowest BCUT2D eigenvalue weighted by Crippen LogP contribution is -2.53. The molecule has 2 aliphatic heterocycles. The van der Waals surface area contributed by atoms with E-state index >= 15 is 0 Å². The highest BCUT2D eigenvalue weighted by atomic mass is 19.3. The average molecular weight is 544 g/mol. The summed E-state index contributed by atoms with van der Waals surface area (Å²) in [6, 6.07) is 11.9. The number of amides is 3. The van der Waals surface area contributed by atoms with Gasteiger partial charge in [-0.15, -0.1) is 0 Å². The molecule has 3 aliphatic rings. The third-order valence-corrected chi connectivity index (χ3v) is 8.39. The van der Waals surface area contributed by atoms with Crippen molar-refractivity contribution in [1.82, 2.24) is 4.90 Å². The summed E-state index contributed by atoms with van der Waals surface area (Å²) in [6.07, 6.45) is 0.359. The number of urea groups is 1. The van der Waals surface area contributed by atoms with Gasteiger partial charge < -0.3 is 14.9 Å². The summed E-state index contributed by atoms with van der Waals surface area (Å²) in [4.78, 5) is 44.0. The number of carbonyl (C=O) groups is 3. The number of alkyl halides is 2. The Morgan fingerprint density at radius 3 is 2.38 bits per heavy atom. The Balaban J connectivity index is 1.32. The van der Waals surface area contributed by atoms with Gasteiger partial charge in [0.15, 0.2) is 0 Å². The highest BCUT2D eigenvalue weighted by molar-refractivity contribution is 5.97. The lowest BCUT2D eigenvalue weighted by atomic mass is 9.75. The van der Waals surface area contributed by atoms with Crippen LogP contribution in [0.3, 0.4) is 0 Å². The fourth-order valence-corrected chi connectivity index (χ4v) is 6.20. The van der Waals surface area contributed by atoms with Gasteiger partial charge >= 0.3 is 12.0 Å². The van der Waals surface area contributed by atoms with Crippen molar-refractivity contribution in [1.29, 1.82) is 0 Å². The van der Waals surface area contributed by atoms with E-state index in [0.717, 1.165) is 5.56 Å². The first kappa shape index (κ1) is 27.0. The molecule has 0 aromatic heterocycles. The Hall–Kier alpha value is -3.56. The van der Waals surface area contributed by atoms with Crippen LogP contribution in [0.15, 0.2) is 48.5 Å². The number of carboxylic acids is 1. The summed E-state index contributed by atoms with van der Waals surface area (Å²) in [5, 5.41) is 10.2. The zero-order valence-corrected chi connectivity index (χ0v) is 21.6. The Bertz CT molecular complexity index is 1250. The molecule has 1 aliphatic carbocycles. The molecule has 1 N–H and O–H groups in total. The number of carboxylic acid groups (broad SMARTS) is 1. The number of benzene rings is 2. The first-order valence-corrected chi connectivity index (χ1v) is 13.4. The van der Waals surface area contributed by atoms with Crippen molar-refractivity contribution in [3.8, 4) is 0 Å². The van der Waals surface area contributed by atoms with E-state index in [1.165, 1.54) is 21.9 Å². The summed E-state index contributed by atoms with van der Waals surface area (Å²) in [5.74, 6) is -4.97. The molecule has 10 heteroatoms. The van der Waals surface area contributed by atoms with E-state index < -0.39 is 41.5 Å². The molecule has 1 saturated heterocycles. The zero-order chi connectivity index (χ0) is 27.8. The van der Waals surface area contributed by atoms with Crippen LogP contribution in [-0.4, -0.2) is 59.5 Å². The van der Waals surface area contributed by atoms with Gasteiger partial charge in [0.2, 0.25) is 11.8 Å². The number of rotatable bonds is 5. The van der Waals surface area contributed by atoms with Gasteiger partial charge in [0, 0.05) is 50.6 Å². The van der Waals surface area contributed by atoms with Crippen molar-refractivity contribution in [3.05, 3.63) is 59.9 Å². The predicted molar refractivity (Wildman–Crippen MR) is 139 cm³/mol. The number of fused-ring (bicyclic) bond motifs is 1. The van der Waals surface area contributed by atoms with Crippen molar-refractivity contribution >= 4 is 29.3 Å². The number of anilines is 2. The predicted octanol–water partition coefficient (Wildman–Crippen LogP) is 5.48. The normalized spacial score (nSPS) is 21.8. The molecule has 2 fully saturated rings. The number of nitrogens with zero attached hydrogens (tertiary/aromatic N) is 3. The Morgan fingerprint density at radius 2 is 1.72 bits per heavy atom. The van der Waals surface area contributed by atoms with Gasteiger partial charge in [0.05, 0.1) is 11.1 Å². The molecule has 208 valence electrons. The molecule has 0 bridgehead atoms. The van der Waals surface area contributed by atoms with Crippen LogP contribution in [0.4, 0.5) is 29.3 Å². The SMILES string of the molecule is O=C(N1CCC(CC(=O)N(c2ccccc2)[C@@H]2CCCC(F)(F)C2)(C(=O)O)CC1)N1CCc2ccc(F)cc21. The average Bonchev–Trinajstić information content (AvgIpc) is 3.32. The quantitative estimate of drug-likeness (QED) is 0.542. The van der Waals surface area contributed by atoms with E-state index in [9.17, 15) is 32.7 Å². The summed E-state index contributed by atoms with van der Waals surface area (Å²) in [6.45, 7) is 0.646. The Labute approximate surface area is 225 Å². The first-order chi connectivity index (χ1) is 18.6. The minimum Gasteiger partial charge on any atom is -0.481 e. The van der Waals surface area contributed by atoms with Crippen LogP contribution in [0.1, 0.15) is 50.5 Å². The van der Waals surface area contributed by atoms with Crippen LogP contribution in [0.25, 0.3) is 0 Å². The fraction of sp³-hybridized carbons (Fsp3) is 0.483. The molecule has 0 radical (unpaired) electrons. The van der Waals surface area contributed by atoms with Gasteiger partial charge in [-0.05, 0) is 61.9 Å². The molecule has 2 aromatic rings. The third kappa shape index (κ3) is 5.46. The number of hydrogen-bond acceptors (Lipinski definition) is 3. The van der Waals surface area contributed by atoms with E-state index in [4.69, 9.17) is 0 Å². The number of aliphatic carboxylic acids is 1. The summed E-state index contributed by atoms with van der Waals surface area (Å²) < 4.78 is 42.5. The molecule has 0 spiro atoms. The number of piperidine rings is 1. The van der Waals surface area contributed by atoms with Crippen molar-refractivity contribution in [2.75, 3.05) is 29.4 Å². The molecule has 39 heavy (non-hydrogen) atoms. The van der Waals surface area contributed by atoms with Crippen molar-refractivity contribution in [3.63, 3.8) is 0 Å². The van der Waals surface area contributed by atoms with Crippen LogP contribution in [0, 0.1) is 11.2 Å². The van der Waals surface area contributed by atoms with Gasteiger partial charge in [-0.3, -0.25) is 14.5 Å². The minimum atomic E-state index is -2.89. The molecule has 2 heterocycles. The standard InChI is InChI=1S/C29H32F3N3O4/c30-21-9-8-20-10-14-34(24(20)17-21)27(39)33-15-12-28(13-16-33,26(37)38)19-25(36)35(22-5-2-1-3-6-22)23-7-4-11-29(31,32)18-23/h1-3,5-6,8-9,17,23H,4,7,10-16,18-19H2,(H,37,38)/t23-/m1/s1. The largest absolute Gasteiger partial charge is 0.481 e. The van der Waals surface area contributed by atoms with E-state index in [1.54, 1.807) is 41.3 Å². The van der Waals surface area contributed by atoms with Gasteiger partial charge in [0.1, 0.15) is 5.82 Å². The smallest absolute Gasteiger partial charge is 0.324 e. The molecule has 0 unspecified atom stereocenters. The zero-order valence-electron chi connectivity index (χ0n) is 21.6. The summed E-state index contributed by atoms with van der Waals surface area (Å²) >= 11 is 0. The second-order valence-corrected chi connectivity index (χ2v) is 10.9. The molecular weight excluding hydrogens is 511 g/mol. The second kappa shape index (κ2) is 10.5. The van der Waals surface area contributed by atoms with Gasteiger partial charge in [0.25, 0.3) is 0 Å². The summed E-state index contributed by atoms with van der Waals surface area (Å²) in [5.41, 5.74) is 0.445. The Morgan fingerprint density at radius 1 is 1.00 bits per heavy atom. The number of halogens is 3. The molecule has 1 atom stereocenters. The van der Waals surface area contributed by atoms with Gasteiger partial charge in [-0.1, -0.05) is 24.3 Å². The minimum absolute atomic E-state index is 0.0487. The lowest BCUT2D eigenvalue weighted by molar-refractivity contribution is -0.154. The maximum absolute atomic E-state index is 14.3. The van der Waals surface area contributed by atoms with Gasteiger partial charge in [-0.25, -0.2) is 18.0 Å². The van der Waals surface area contributed by atoms with Crippen LogP contribution in [0.5, 0.6) is 0 Å². The molecule has 2 aromatic carbocycles. The fourth-order valence-electron chi connectivity index (χ4n) is 6.20. The maximum atomic E-state index is 14.3. The number of para-hydroxylation sites is 1. The van der Waals surface area contributed by atoms with Crippen LogP contribution >= 0.6 is 0 Å². The molecule has 1 saturated carbocycles. The van der Waals surface area contributed by atoms with Crippen molar-refractivity contribution < 1.29 is 32.7 Å². The lowest BCUT2D eigenvalue weighted by Gasteiger charge is -2.42. The summed E-state index contributed by atoms with van der Waals surface area (Å²) in [7, 11) is 0. The topological polar surface area (TPSA) is 81.2 Å². The highest BCUT2D eigenvalue weighted by Gasteiger charge is 2.47. The second-order valence-electron chi connectivity index (χ2n) is 10.9. The van der Waals surface area contributed by atoms with E-state index in [1.807, 2.05) is 0 Å². The van der Waals surface area contributed by atoms with E-state index in [-0.39, 0.29) is 51.2 Å². The van der Waals surface area contributed by atoms with Crippen molar-refractivity contribution in [2.24, 2.45) is 5.41 Å². The third-order valence-electron chi connectivity index (χ3n) is 8.39. The monoisotopic (exact) mass is 543 g/mol. The Kier molecular flexibility index (Phi) is 7.31. The van der Waals surface area contributed by atoms with E-state index in [2.05, 4.69) is 0 Å². The number of carbonyl (C=O) groups excluding carboxylic acids is 2. The molecular formula is C29H32F3N3O4. The molecule has 7 nitrogen and oxygen atoms in total. The number of hydrogen-bond donors (Lipinski definition) is 1. The first-order valence-electron chi connectivity index (χ1n) is 13.4. The van der Waals surface area contributed by atoms with Crippen molar-refractivity contribution in [2.45, 2.75) is 63.3 Å². The maximum Gasteiger partial charge on any atom is 0.324 e. The number of likely N-dealkylation sites (tertiary alicyclic amines) is 1. The molecule has 5 rings (SSSR count).